The van der Waals surface area contributed by atoms with Gasteiger partial charge in [0.05, 0.1) is 0 Å². The third-order valence-electron chi connectivity index (χ3n) is 14.5. The van der Waals surface area contributed by atoms with Gasteiger partial charge in [0, 0.05) is 19.3 Å². The van der Waals surface area contributed by atoms with Gasteiger partial charge in [-0.1, -0.05) is 310 Å². The Hall–Kier alpha value is -3.93. The van der Waals surface area contributed by atoms with Crippen molar-refractivity contribution in [3.63, 3.8) is 0 Å². The van der Waals surface area contributed by atoms with E-state index in [9.17, 15) is 14.4 Å². The maximum atomic E-state index is 12.8. The van der Waals surface area contributed by atoms with Crippen LogP contribution in [0.2, 0.25) is 0 Å². The summed E-state index contributed by atoms with van der Waals surface area (Å²) in [7, 11) is 0. The van der Waals surface area contributed by atoms with Crippen molar-refractivity contribution in [1.82, 2.24) is 0 Å². The summed E-state index contributed by atoms with van der Waals surface area (Å²) in [5.74, 6) is -0.901. The molecule has 0 aromatic heterocycles. The molecular formula is C74H126O6. The van der Waals surface area contributed by atoms with Crippen molar-refractivity contribution in [1.29, 1.82) is 0 Å². The molecule has 0 saturated heterocycles. The minimum absolute atomic E-state index is 0.0828. The molecule has 1 atom stereocenters. The van der Waals surface area contributed by atoms with Gasteiger partial charge in [-0.15, -0.1) is 0 Å². The molecule has 0 aliphatic rings. The highest BCUT2D eigenvalue weighted by Gasteiger charge is 2.19. The highest BCUT2D eigenvalue weighted by atomic mass is 16.6. The first kappa shape index (κ1) is 76.1. The van der Waals surface area contributed by atoms with E-state index < -0.39 is 6.10 Å². The number of unbranched alkanes of at least 4 members (excludes halogenated alkanes) is 32. The molecule has 0 saturated carbocycles. The molecule has 0 aromatic carbocycles. The molecule has 6 heteroatoms. The van der Waals surface area contributed by atoms with Crippen LogP contribution in [0.25, 0.3) is 0 Å². The van der Waals surface area contributed by atoms with E-state index in [0.717, 1.165) is 135 Å². The third-order valence-corrected chi connectivity index (χ3v) is 14.5. The Morgan fingerprint density at radius 3 is 0.762 bits per heavy atom. The van der Waals surface area contributed by atoms with Gasteiger partial charge in [0.1, 0.15) is 13.2 Å². The molecular weight excluding hydrogens is 985 g/mol. The first-order chi connectivity index (χ1) is 39.5. The van der Waals surface area contributed by atoms with Gasteiger partial charge >= 0.3 is 17.9 Å². The van der Waals surface area contributed by atoms with Crippen LogP contribution in [0.15, 0.2) is 109 Å². The van der Waals surface area contributed by atoms with Crippen LogP contribution in [0.5, 0.6) is 0 Å². The molecule has 0 bridgehead atoms. The molecule has 0 spiro atoms. The summed E-state index contributed by atoms with van der Waals surface area (Å²) in [6, 6.07) is 0. The molecule has 0 rings (SSSR count). The molecule has 0 radical (unpaired) electrons. The number of esters is 3. The van der Waals surface area contributed by atoms with Gasteiger partial charge in [0.15, 0.2) is 6.10 Å². The zero-order valence-electron chi connectivity index (χ0n) is 52.6. The fourth-order valence-corrected chi connectivity index (χ4v) is 9.52. The summed E-state index contributed by atoms with van der Waals surface area (Å²) >= 11 is 0. The maximum absolute atomic E-state index is 12.8. The van der Waals surface area contributed by atoms with Gasteiger partial charge in [-0.05, 0) is 103 Å². The van der Waals surface area contributed by atoms with Crippen LogP contribution in [0.1, 0.15) is 323 Å². The number of hydrogen-bond donors (Lipinski definition) is 0. The van der Waals surface area contributed by atoms with Crippen molar-refractivity contribution in [2.24, 2.45) is 0 Å². The van der Waals surface area contributed by atoms with Crippen LogP contribution in [-0.2, 0) is 28.6 Å². The van der Waals surface area contributed by atoms with Crippen LogP contribution < -0.4 is 0 Å². The van der Waals surface area contributed by atoms with E-state index in [1.165, 1.54) is 148 Å². The second-order valence-corrected chi connectivity index (χ2v) is 22.3. The quantitative estimate of drug-likeness (QED) is 0.0261. The van der Waals surface area contributed by atoms with Gasteiger partial charge < -0.3 is 14.2 Å². The number of hydrogen-bond acceptors (Lipinski definition) is 6. The van der Waals surface area contributed by atoms with E-state index in [1.54, 1.807) is 0 Å². The lowest BCUT2D eigenvalue weighted by Gasteiger charge is -2.18. The van der Waals surface area contributed by atoms with Crippen molar-refractivity contribution in [3.8, 4) is 0 Å². The fraction of sp³-hybridized carbons (Fsp3) is 0.716. The lowest BCUT2D eigenvalue weighted by molar-refractivity contribution is -0.167. The highest BCUT2D eigenvalue weighted by molar-refractivity contribution is 5.71. The van der Waals surface area contributed by atoms with Crippen molar-refractivity contribution < 1.29 is 28.6 Å². The Balaban J connectivity index is 3.99. The van der Waals surface area contributed by atoms with Crippen LogP contribution in [-0.4, -0.2) is 37.2 Å². The molecule has 0 aliphatic carbocycles. The van der Waals surface area contributed by atoms with Crippen LogP contribution in [0.3, 0.4) is 0 Å². The van der Waals surface area contributed by atoms with E-state index in [4.69, 9.17) is 14.2 Å². The Kier molecular flexibility index (Phi) is 64.3. The Morgan fingerprint density at radius 2 is 0.487 bits per heavy atom. The third kappa shape index (κ3) is 64.9. The van der Waals surface area contributed by atoms with E-state index in [1.807, 2.05) is 0 Å². The topological polar surface area (TPSA) is 78.9 Å². The first-order valence-corrected chi connectivity index (χ1v) is 33.9. The van der Waals surface area contributed by atoms with Crippen molar-refractivity contribution in [3.05, 3.63) is 109 Å². The molecule has 80 heavy (non-hydrogen) atoms. The van der Waals surface area contributed by atoms with Crippen molar-refractivity contribution in [2.45, 2.75) is 329 Å². The zero-order valence-corrected chi connectivity index (χ0v) is 52.6. The molecule has 6 nitrogen and oxygen atoms in total. The fourth-order valence-electron chi connectivity index (χ4n) is 9.52. The molecule has 458 valence electrons. The number of allylic oxidation sites excluding steroid dienone is 18. The van der Waals surface area contributed by atoms with E-state index >= 15 is 0 Å². The zero-order chi connectivity index (χ0) is 57.8. The van der Waals surface area contributed by atoms with Crippen molar-refractivity contribution >= 4 is 17.9 Å². The largest absolute Gasteiger partial charge is 0.462 e. The van der Waals surface area contributed by atoms with Gasteiger partial charge in [0.2, 0.25) is 0 Å². The predicted octanol–water partition coefficient (Wildman–Crippen LogP) is 23.4. The predicted molar refractivity (Wildman–Crippen MR) is 348 cm³/mol. The van der Waals surface area contributed by atoms with Gasteiger partial charge in [-0.3, -0.25) is 14.4 Å². The molecule has 0 fully saturated rings. The number of rotatable bonds is 61. The summed E-state index contributed by atoms with van der Waals surface area (Å²) in [6.45, 7) is 6.36. The lowest BCUT2D eigenvalue weighted by atomic mass is 10.0. The van der Waals surface area contributed by atoms with E-state index in [2.05, 4.69) is 130 Å². The summed E-state index contributed by atoms with van der Waals surface area (Å²) < 4.78 is 16.8. The minimum atomic E-state index is -0.785. The lowest BCUT2D eigenvalue weighted by Crippen LogP contribution is -2.30. The van der Waals surface area contributed by atoms with E-state index in [-0.39, 0.29) is 31.1 Å². The summed E-state index contributed by atoms with van der Waals surface area (Å²) in [6.07, 6.45) is 93.0. The van der Waals surface area contributed by atoms with E-state index in [0.29, 0.717) is 19.3 Å². The standard InChI is InChI=1S/C74H126O6/c1-4-7-10-13-16-18-20-22-24-26-28-30-31-32-33-34-35-36-37-38-39-40-41-42-43-45-46-48-50-52-54-56-58-61-64-67-73(76)79-70-71(69-78-72(75)66-63-60-15-12-9-6-3)80-74(77)68-65-62-59-57-55-53-51-49-47-44-29-27-25-23-21-19-17-14-11-8-5-2/h7-8,10-11,16-19,22-25,28-30,44,49,51,71H,4-6,9,12-15,20-21,26-27,31-43,45-48,50,52-70H2,1-3H3/b10-7-,11-8-,18-16-,19-17-,24-22-,25-23-,30-28-,44-29-,51-49-. The molecule has 0 aromatic rings. The van der Waals surface area contributed by atoms with Crippen LogP contribution in [0.4, 0.5) is 0 Å². The van der Waals surface area contributed by atoms with Crippen LogP contribution in [0, 0.1) is 0 Å². The first-order valence-electron chi connectivity index (χ1n) is 33.9. The number of carbonyl (C=O) groups excluding carboxylic acids is 3. The smallest absolute Gasteiger partial charge is 0.306 e. The SMILES string of the molecule is CC/C=C\C/C=C\C/C=C\C/C=C\C/C=C\CCCCCCCC(=O)OC(COC(=O)CCCCCCCC)COC(=O)CCCCCCCCCCCCCCCCCCCCCCCC/C=C\C/C=C\C/C=C\C/C=C\CC. The molecule has 0 aliphatic heterocycles. The van der Waals surface area contributed by atoms with Crippen LogP contribution >= 0.6 is 0 Å². The van der Waals surface area contributed by atoms with Gasteiger partial charge in [-0.2, -0.15) is 0 Å². The molecule has 0 heterocycles. The number of ether oxygens (including phenoxy) is 3. The average molecular weight is 1110 g/mol. The van der Waals surface area contributed by atoms with Gasteiger partial charge in [0.25, 0.3) is 0 Å². The second kappa shape index (κ2) is 67.6. The Morgan fingerprint density at radius 1 is 0.263 bits per heavy atom. The summed E-state index contributed by atoms with van der Waals surface area (Å²) in [5, 5.41) is 0. The number of carbonyl (C=O) groups is 3. The average Bonchev–Trinajstić information content (AvgIpc) is 3.46. The molecule has 0 amide bonds. The second-order valence-electron chi connectivity index (χ2n) is 22.3. The summed E-state index contributed by atoms with van der Waals surface area (Å²) in [5.41, 5.74) is 0. The monoisotopic (exact) mass is 1110 g/mol. The van der Waals surface area contributed by atoms with Crippen molar-refractivity contribution in [2.75, 3.05) is 13.2 Å². The molecule has 0 N–H and O–H groups in total. The van der Waals surface area contributed by atoms with Gasteiger partial charge in [-0.25, -0.2) is 0 Å². The normalized spacial score (nSPS) is 12.8. The maximum Gasteiger partial charge on any atom is 0.306 e. The summed E-state index contributed by atoms with van der Waals surface area (Å²) in [4.78, 5) is 38.0. The molecule has 1 unspecified atom stereocenters. The Labute approximate surface area is 495 Å². The highest BCUT2D eigenvalue weighted by Crippen LogP contribution is 2.17. The minimum Gasteiger partial charge on any atom is -0.462 e. The Bertz CT molecular complexity index is 1610.